The minimum Gasteiger partial charge on any atom is -0.468 e. The summed E-state index contributed by atoms with van der Waals surface area (Å²) in [7, 11) is 1.44. The number of esters is 1. The maximum atomic E-state index is 11.6. The summed E-state index contributed by atoms with van der Waals surface area (Å²) in [5.74, 6) is 0.313. The van der Waals surface area contributed by atoms with E-state index in [0.29, 0.717) is 5.92 Å². The molecule has 0 radical (unpaired) electrons. The van der Waals surface area contributed by atoms with E-state index in [1.54, 1.807) is 0 Å². The number of methoxy groups -OCH3 is 1. The van der Waals surface area contributed by atoms with E-state index in [1.807, 2.05) is 24.3 Å². The number of anilines is 1. The summed E-state index contributed by atoms with van der Waals surface area (Å²) in [6, 6.07) is 7.62. The molecule has 0 saturated heterocycles. The molecule has 1 saturated carbocycles. The number of para-hydroxylation sites is 1. The van der Waals surface area contributed by atoms with Crippen LogP contribution in [0.15, 0.2) is 29.2 Å². The van der Waals surface area contributed by atoms with Gasteiger partial charge in [-0.3, -0.25) is 4.79 Å². The lowest BCUT2D eigenvalue weighted by molar-refractivity contribution is -0.140. The first-order valence-corrected chi connectivity index (χ1v) is 6.19. The van der Waals surface area contributed by atoms with Gasteiger partial charge in [0.1, 0.15) is 5.25 Å². The third-order valence-electron chi connectivity index (χ3n) is 2.66. The van der Waals surface area contributed by atoms with Crippen molar-refractivity contribution in [2.75, 3.05) is 12.8 Å². The van der Waals surface area contributed by atoms with Crippen LogP contribution in [0.2, 0.25) is 0 Å². The molecule has 1 aromatic carbocycles. The van der Waals surface area contributed by atoms with Crippen molar-refractivity contribution in [3.63, 3.8) is 0 Å². The first kappa shape index (κ1) is 11.3. The molecule has 1 aliphatic rings. The molecule has 1 fully saturated rings. The number of carbonyl (C=O) groups is 1. The second kappa shape index (κ2) is 4.78. The lowest BCUT2D eigenvalue weighted by Crippen LogP contribution is -2.20. The molecule has 1 aliphatic carbocycles. The van der Waals surface area contributed by atoms with Gasteiger partial charge >= 0.3 is 5.97 Å². The minimum atomic E-state index is -0.143. The molecule has 16 heavy (non-hydrogen) atoms. The van der Waals surface area contributed by atoms with Gasteiger partial charge in [0.05, 0.1) is 7.11 Å². The minimum absolute atomic E-state index is 0.102. The highest BCUT2D eigenvalue weighted by Gasteiger charge is 2.37. The van der Waals surface area contributed by atoms with Crippen molar-refractivity contribution in [1.29, 1.82) is 0 Å². The van der Waals surface area contributed by atoms with Crippen molar-refractivity contribution in [1.82, 2.24) is 0 Å². The summed E-state index contributed by atoms with van der Waals surface area (Å²) in [5.41, 5.74) is 6.58. The molecule has 4 heteroatoms. The fraction of sp³-hybridized carbons (Fsp3) is 0.417. The van der Waals surface area contributed by atoms with Crippen molar-refractivity contribution in [3.8, 4) is 0 Å². The first-order valence-electron chi connectivity index (χ1n) is 5.31. The van der Waals surface area contributed by atoms with Crippen molar-refractivity contribution < 1.29 is 9.53 Å². The lowest BCUT2D eigenvalue weighted by atomic mass is 10.3. The van der Waals surface area contributed by atoms with Crippen LogP contribution in [0.1, 0.15) is 12.8 Å². The fourth-order valence-corrected chi connectivity index (χ4v) is 2.87. The van der Waals surface area contributed by atoms with Gasteiger partial charge in [0.15, 0.2) is 0 Å². The number of benzene rings is 1. The van der Waals surface area contributed by atoms with Crippen molar-refractivity contribution >= 4 is 23.4 Å². The Labute approximate surface area is 99.4 Å². The molecule has 2 rings (SSSR count). The van der Waals surface area contributed by atoms with Gasteiger partial charge in [-0.15, -0.1) is 11.8 Å². The van der Waals surface area contributed by atoms with E-state index < -0.39 is 0 Å². The molecule has 0 aliphatic heterocycles. The average Bonchev–Trinajstić information content (AvgIpc) is 3.11. The van der Waals surface area contributed by atoms with Gasteiger partial charge in [0, 0.05) is 10.6 Å². The summed E-state index contributed by atoms with van der Waals surface area (Å²) in [6.07, 6.45) is 2.22. The van der Waals surface area contributed by atoms with Gasteiger partial charge in [0.2, 0.25) is 0 Å². The molecule has 1 atom stereocenters. The van der Waals surface area contributed by atoms with E-state index in [4.69, 9.17) is 10.5 Å². The van der Waals surface area contributed by atoms with E-state index in [0.717, 1.165) is 23.4 Å². The van der Waals surface area contributed by atoms with Gasteiger partial charge in [-0.2, -0.15) is 0 Å². The smallest absolute Gasteiger partial charge is 0.319 e. The standard InChI is InChI=1S/C12H15NO2S/c1-15-12(14)11(8-6-7-8)16-10-5-3-2-4-9(10)13/h2-5,8,11H,6-7,13H2,1H3. The number of hydrogen-bond acceptors (Lipinski definition) is 4. The van der Waals surface area contributed by atoms with Crippen molar-refractivity contribution in [2.24, 2.45) is 5.92 Å². The Balaban J connectivity index is 2.11. The molecule has 2 N–H and O–H groups in total. The zero-order valence-corrected chi connectivity index (χ0v) is 10.00. The van der Waals surface area contributed by atoms with E-state index in [-0.39, 0.29) is 11.2 Å². The van der Waals surface area contributed by atoms with E-state index in [1.165, 1.54) is 18.9 Å². The predicted octanol–water partition coefficient (Wildman–Crippen LogP) is 2.31. The average molecular weight is 237 g/mol. The summed E-state index contributed by atoms with van der Waals surface area (Å²) in [6.45, 7) is 0. The molecular weight excluding hydrogens is 222 g/mol. The van der Waals surface area contributed by atoms with Crippen LogP contribution in [-0.2, 0) is 9.53 Å². The van der Waals surface area contributed by atoms with E-state index in [9.17, 15) is 4.79 Å². The number of carbonyl (C=O) groups excluding carboxylic acids is 1. The summed E-state index contributed by atoms with van der Waals surface area (Å²) in [4.78, 5) is 12.6. The molecule has 0 heterocycles. The maximum absolute atomic E-state index is 11.6. The van der Waals surface area contributed by atoms with Crippen molar-refractivity contribution in [2.45, 2.75) is 23.0 Å². The Morgan fingerprint density at radius 2 is 2.19 bits per heavy atom. The number of ether oxygens (including phenoxy) is 1. The Morgan fingerprint density at radius 1 is 1.50 bits per heavy atom. The lowest BCUT2D eigenvalue weighted by Gasteiger charge is -2.14. The van der Waals surface area contributed by atoms with Crippen LogP contribution in [-0.4, -0.2) is 18.3 Å². The second-order valence-corrected chi connectivity index (χ2v) is 5.12. The highest BCUT2D eigenvalue weighted by Crippen LogP contribution is 2.43. The van der Waals surface area contributed by atoms with Crippen molar-refractivity contribution in [3.05, 3.63) is 24.3 Å². The number of rotatable bonds is 4. The second-order valence-electron chi connectivity index (χ2n) is 3.94. The van der Waals surface area contributed by atoms with Crippen LogP contribution >= 0.6 is 11.8 Å². The molecule has 3 nitrogen and oxygen atoms in total. The number of hydrogen-bond donors (Lipinski definition) is 1. The normalized spacial score (nSPS) is 16.8. The number of nitrogen functional groups attached to an aromatic ring is 1. The predicted molar refractivity (Wildman–Crippen MR) is 65.2 cm³/mol. The summed E-state index contributed by atoms with van der Waals surface area (Å²) in [5, 5.41) is -0.102. The van der Waals surface area contributed by atoms with Crippen LogP contribution in [0, 0.1) is 5.92 Å². The number of nitrogens with two attached hydrogens (primary N) is 1. The largest absolute Gasteiger partial charge is 0.468 e. The van der Waals surface area contributed by atoms with Gasteiger partial charge in [-0.05, 0) is 30.9 Å². The van der Waals surface area contributed by atoms with Crippen LogP contribution in [0.25, 0.3) is 0 Å². The fourth-order valence-electron chi connectivity index (χ4n) is 1.58. The molecule has 1 unspecified atom stereocenters. The zero-order valence-electron chi connectivity index (χ0n) is 9.18. The molecular formula is C12H15NO2S. The Bertz CT molecular complexity index is 390. The van der Waals surface area contributed by atoms with Crippen LogP contribution in [0.5, 0.6) is 0 Å². The quantitative estimate of drug-likeness (QED) is 0.496. The molecule has 0 amide bonds. The number of thioether (sulfide) groups is 1. The highest BCUT2D eigenvalue weighted by molar-refractivity contribution is 8.00. The monoisotopic (exact) mass is 237 g/mol. The maximum Gasteiger partial charge on any atom is 0.319 e. The molecule has 86 valence electrons. The van der Waals surface area contributed by atoms with E-state index in [2.05, 4.69) is 0 Å². The Morgan fingerprint density at radius 3 is 2.75 bits per heavy atom. The van der Waals surface area contributed by atoms with Crippen LogP contribution < -0.4 is 5.73 Å². The summed E-state index contributed by atoms with van der Waals surface area (Å²) >= 11 is 1.52. The molecule has 0 spiro atoms. The SMILES string of the molecule is COC(=O)C(Sc1ccccc1N)C1CC1. The third-order valence-corrected chi connectivity index (χ3v) is 4.11. The van der Waals surface area contributed by atoms with Gasteiger partial charge in [-0.25, -0.2) is 0 Å². The van der Waals surface area contributed by atoms with Crippen LogP contribution in [0.4, 0.5) is 5.69 Å². The zero-order chi connectivity index (χ0) is 11.5. The van der Waals surface area contributed by atoms with Gasteiger partial charge in [-0.1, -0.05) is 12.1 Å². The topological polar surface area (TPSA) is 52.3 Å². The Hall–Kier alpha value is -1.16. The molecule has 1 aromatic rings. The highest BCUT2D eigenvalue weighted by atomic mass is 32.2. The van der Waals surface area contributed by atoms with Gasteiger partial charge < -0.3 is 10.5 Å². The Kier molecular flexibility index (Phi) is 3.39. The first-order chi connectivity index (χ1) is 7.72. The van der Waals surface area contributed by atoms with Gasteiger partial charge in [0.25, 0.3) is 0 Å². The van der Waals surface area contributed by atoms with E-state index >= 15 is 0 Å². The molecule has 0 bridgehead atoms. The molecule has 0 aromatic heterocycles. The van der Waals surface area contributed by atoms with Crippen LogP contribution in [0.3, 0.4) is 0 Å². The third kappa shape index (κ3) is 2.50. The summed E-state index contributed by atoms with van der Waals surface area (Å²) < 4.78 is 4.83.